The van der Waals surface area contributed by atoms with E-state index in [-0.39, 0.29) is 5.56 Å². The van der Waals surface area contributed by atoms with Gasteiger partial charge >= 0.3 is 16.3 Å². The summed E-state index contributed by atoms with van der Waals surface area (Å²) in [4.78, 5) is 18.8. The van der Waals surface area contributed by atoms with Crippen LogP contribution in [0.1, 0.15) is 43.0 Å². The molecule has 0 aliphatic carbocycles. The van der Waals surface area contributed by atoms with Crippen LogP contribution in [0.2, 0.25) is 0 Å². The highest BCUT2D eigenvalue weighted by Crippen LogP contribution is 2.40. The van der Waals surface area contributed by atoms with Gasteiger partial charge in [0.25, 0.3) is 0 Å². The summed E-state index contributed by atoms with van der Waals surface area (Å²) < 4.78 is 41.6. The van der Waals surface area contributed by atoms with Crippen molar-refractivity contribution in [2.75, 3.05) is 31.1 Å². The average molecular weight is 442 g/mol. The summed E-state index contributed by atoms with van der Waals surface area (Å²) in [6, 6.07) is 0. The highest BCUT2D eigenvalue weighted by molar-refractivity contribution is 7.85. The van der Waals surface area contributed by atoms with Crippen molar-refractivity contribution in [1.29, 1.82) is 0 Å². The van der Waals surface area contributed by atoms with Crippen molar-refractivity contribution in [2.45, 2.75) is 52.9 Å². The van der Waals surface area contributed by atoms with Gasteiger partial charge in [0.05, 0.1) is 0 Å². The van der Waals surface area contributed by atoms with Gasteiger partial charge in [0.1, 0.15) is 11.4 Å². The van der Waals surface area contributed by atoms with Gasteiger partial charge in [-0.2, -0.15) is 8.42 Å². The zero-order valence-electron chi connectivity index (χ0n) is 18.2. The number of nitrogens with zero attached hydrogens (tertiary/aromatic N) is 5. The van der Waals surface area contributed by atoms with Crippen LogP contribution in [-0.2, 0) is 20.7 Å². The van der Waals surface area contributed by atoms with Crippen molar-refractivity contribution in [3.8, 4) is 0 Å². The molecule has 1 aliphatic heterocycles. The van der Waals surface area contributed by atoms with Gasteiger partial charge in [-0.1, -0.05) is 5.11 Å². The number of halogens is 1. The molecule has 0 N–H and O–H groups in total. The minimum Gasteiger partial charge on any atom is -0.444 e. The molecular weight excluding hydrogens is 413 g/mol. The number of carbonyl (C=O) groups excluding carboxylic acids is 1. The molecule has 1 saturated heterocycles. The molecule has 1 aromatic rings. The van der Waals surface area contributed by atoms with E-state index in [1.807, 2.05) is 4.90 Å². The van der Waals surface area contributed by atoms with E-state index in [2.05, 4.69) is 10.0 Å². The van der Waals surface area contributed by atoms with Gasteiger partial charge in [0.2, 0.25) is 0 Å². The monoisotopic (exact) mass is 441 g/mol. The van der Waals surface area contributed by atoms with Crippen molar-refractivity contribution in [1.82, 2.24) is 4.90 Å². The predicted molar refractivity (Wildman–Crippen MR) is 113 cm³/mol. The first kappa shape index (κ1) is 23.8. The van der Waals surface area contributed by atoms with Crippen LogP contribution in [0, 0.1) is 20.8 Å². The Morgan fingerprint density at radius 2 is 1.70 bits per heavy atom. The van der Waals surface area contributed by atoms with Crippen LogP contribution in [0.4, 0.5) is 20.1 Å². The molecule has 1 fully saturated rings. The van der Waals surface area contributed by atoms with E-state index in [0.717, 1.165) is 0 Å². The molecule has 0 radical (unpaired) electrons. The molecule has 1 aromatic carbocycles. The predicted octanol–water partition coefficient (Wildman–Crippen LogP) is 4.41. The molecule has 1 aliphatic rings. The summed E-state index contributed by atoms with van der Waals surface area (Å²) in [6.07, 6.45) is -0.390. The Balaban J connectivity index is 2.40. The number of piperazine rings is 1. The minimum atomic E-state index is -4.77. The fourth-order valence-corrected chi connectivity index (χ4v) is 4.52. The topological polar surface area (TPSA) is 116 Å². The number of hydrogen-bond donors (Lipinski definition) is 0. The molecule has 0 bridgehead atoms. The molecule has 0 spiro atoms. The van der Waals surface area contributed by atoms with Gasteiger partial charge in [-0.15, -0.1) is 3.89 Å². The summed E-state index contributed by atoms with van der Waals surface area (Å²) in [6.45, 7) is 12.3. The van der Waals surface area contributed by atoms with Gasteiger partial charge in [0.15, 0.2) is 0 Å². The van der Waals surface area contributed by atoms with Crippen molar-refractivity contribution in [3.05, 3.63) is 32.7 Å². The molecule has 1 heterocycles. The fraction of sp³-hybridized carbons (Fsp3) is 0.632. The maximum absolute atomic E-state index is 13.5. The smallest absolute Gasteiger partial charge is 0.410 e. The van der Waals surface area contributed by atoms with Crippen LogP contribution in [0.25, 0.3) is 10.4 Å². The van der Waals surface area contributed by atoms with Gasteiger partial charge in [-0.3, -0.25) is 0 Å². The summed E-state index contributed by atoms with van der Waals surface area (Å²) in [5.41, 5.74) is 11.4. The molecule has 2 rings (SSSR count). The Morgan fingerprint density at radius 1 is 1.13 bits per heavy atom. The zero-order valence-corrected chi connectivity index (χ0v) is 19.0. The maximum Gasteiger partial charge on any atom is 0.410 e. The number of azide groups is 1. The Kier molecular flexibility index (Phi) is 6.88. The second kappa shape index (κ2) is 8.69. The number of hydrogen-bond acceptors (Lipinski definition) is 6. The third-order valence-electron chi connectivity index (χ3n) is 5.04. The van der Waals surface area contributed by atoms with Gasteiger partial charge in [-0.25, -0.2) is 4.79 Å². The molecule has 0 aromatic heterocycles. The number of anilines is 1. The maximum atomic E-state index is 13.5. The van der Waals surface area contributed by atoms with Crippen LogP contribution in [-0.4, -0.2) is 51.2 Å². The first-order chi connectivity index (χ1) is 13.7. The Labute approximate surface area is 176 Å². The highest BCUT2D eigenvalue weighted by atomic mass is 32.3. The normalized spacial score (nSPS) is 15.0. The van der Waals surface area contributed by atoms with E-state index < -0.39 is 27.7 Å². The SMILES string of the molecule is Cc1c(CS(=O)(=O)F)c(C)c(N2CCN(C(=O)OC(C)(C)C)CC2)c(C)c1N=[N+]=[N-]. The van der Waals surface area contributed by atoms with Crippen molar-refractivity contribution >= 4 is 27.7 Å². The van der Waals surface area contributed by atoms with E-state index in [1.165, 1.54) is 0 Å². The first-order valence-electron chi connectivity index (χ1n) is 9.58. The van der Waals surface area contributed by atoms with Gasteiger partial charge in [0, 0.05) is 42.5 Å². The summed E-state index contributed by atoms with van der Waals surface area (Å²) >= 11 is 0. The van der Waals surface area contributed by atoms with Crippen LogP contribution in [0.5, 0.6) is 0 Å². The van der Waals surface area contributed by atoms with Gasteiger partial charge < -0.3 is 14.5 Å². The standard InChI is InChI=1S/C19H28FN5O4S/c1-12-15(11-30(20,27)28)13(2)17(14(3)16(12)22-23-21)24-7-9-25(10-8-24)18(26)29-19(4,5)6/h7-11H2,1-6H3. The van der Waals surface area contributed by atoms with Crippen LogP contribution < -0.4 is 4.90 Å². The molecule has 9 nitrogen and oxygen atoms in total. The molecule has 0 atom stereocenters. The number of ether oxygens (including phenoxy) is 1. The van der Waals surface area contributed by atoms with Crippen LogP contribution in [0.15, 0.2) is 5.11 Å². The molecule has 166 valence electrons. The number of benzene rings is 1. The van der Waals surface area contributed by atoms with E-state index in [1.54, 1.807) is 46.4 Å². The van der Waals surface area contributed by atoms with Crippen molar-refractivity contribution in [2.24, 2.45) is 5.11 Å². The van der Waals surface area contributed by atoms with Crippen LogP contribution in [0.3, 0.4) is 0 Å². The molecule has 1 amide bonds. The highest BCUT2D eigenvalue weighted by Gasteiger charge is 2.29. The van der Waals surface area contributed by atoms with Crippen LogP contribution >= 0.6 is 0 Å². The Morgan fingerprint density at radius 3 is 2.17 bits per heavy atom. The fourth-order valence-electron chi connectivity index (χ4n) is 3.74. The molecule has 11 heteroatoms. The lowest BCUT2D eigenvalue weighted by atomic mass is 9.95. The molecule has 0 saturated carbocycles. The van der Waals surface area contributed by atoms with E-state index in [0.29, 0.717) is 54.2 Å². The Bertz CT molecular complexity index is 989. The lowest BCUT2D eigenvalue weighted by Crippen LogP contribution is -2.50. The third-order valence-corrected chi connectivity index (χ3v) is 5.67. The second-order valence-electron chi connectivity index (χ2n) is 8.38. The summed E-state index contributed by atoms with van der Waals surface area (Å²) in [5, 5.41) is 3.73. The number of rotatable bonds is 4. The second-order valence-corrected chi connectivity index (χ2v) is 9.74. The average Bonchev–Trinajstić information content (AvgIpc) is 2.61. The molecule has 0 unspecified atom stereocenters. The Hall–Kier alpha value is -2.52. The van der Waals surface area contributed by atoms with E-state index in [4.69, 9.17) is 10.3 Å². The lowest BCUT2D eigenvalue weighted by Gasteiger charge is -2.38. The minimum absolute atomic E-state index is 0.287. The molecule has 30 heavy (non-hydrogen) atoms. The zero-order chi connectivity index (χ0) is 22.9. The number of amides is 1. The summed E-state index contributed by atoms with van der Waals surface area (Å²) in [7, 11) is -4.77. The van der Waals surface area contributed by atoms with Crippen molar-refractivity contribution in [3.63, 3.8) is 0 Å². The van der Waals surface area contributed by atoms with E-state index in [9.17, 15) is 17.1 Å². The largest absolute Gasteiger partial charge is 0.444 e. The summed E-state index contributed by atoms with van der Waals surface area (Å²) in [5.74, 6) is -0.788. The molecular formula is C19H28FN5O4S. The quantitative estimate of drug-likeness (QED) is 0.297. The number of carbonyl (C=O) groups is 1. The van der Waals surface area contributed by atoms with Crippen molar-refractivity contribution < 1.29 is 21.8 Å². The third kappa shape index (κ3) is 5.54. The lowest BCUT2D eigenvalue weighted by molar-refractivity contribution is 0.0240. The van der Waals surface area contributed by atoms with Gasteiger partial charge in [-0.05, 0) is 69.3 Å². The first-order valence-corrected chi connectivity index (χ1v) is 11.1. The van der Waals surface area contributed by atoms with E-state index >= 15 is 0 Å².